The summed E-state index contributed by atoms with van der Waals surface area (Å²) in [4.78, 5) is 33.8. The molecule has 1 saturated carbocycles. The molecule has 2 aromatic carbocycles. The second kappa shape index (κ2) is 8.42. The molecule has 1 saturated heterocycles. The molecule has 2 fully saturated rings. The molecular weight excluding hydrogens is 499 g/mol. The molecule has 2 aliphatic rings. The van der Waals surface area contributed by atoms with Crippen molar-refractivity contribution in [3.05, 3.63) is 75.3 Å². The third-order valence-electron chi connectivity index (χ3n) is 7.41. The van der Waals surface area contributed by atoms with Crippen LogP contribution in [0.2, 0.25) is 5.02 Å². The largest absolute Gasteiger partial charge is 0.364 e. The molecule has 3 heterocycles. The third kappa shape index (κ3) is 3.71. The number of hydrogen-bond acceptors (Lipinski definition) is 4. The molecule has 2 aromatic heterocycles. The minimum absolute atomic E-state index is 0.114. The molecule has 1 aliphatic carbocycles. The molecule has 0 radical (unpaired) electrons. The number of nitrogens with zero attached hydrogens (tertiary/aromatic N) is 3. The Kier molecular flexibility index (Phi) is 5.42. The van der Waals surface area contributed by atoms with Crippen molar-refractivity contribution in [3.8, 4) is 10.4 Å². The summed E-state index contributed by atoms with van der Waals surface area (Å²) in [7, 11) is 1.76. The van der Waals surface area contributed by atoms with E-state index in [0.717, 1.165) is 33.8 Å². The lowest BCUT2D eigenvalue weighted by atomic mass is 9.98. The first-order valence-corrected chi connectivity index (χ1v) is 13.0. The molecule has 36 heavy (non-hydrogen) atoms. The average molecular weight is 523 g/mol. The maximum Gasteiger partial charge on any atom is 0.274 e. The van der Waals surface area contributed by atoms with Crippen LogP contribution in [0.1, 0.15) is 44.4 Å². The van der Waals surface area contributed by atoms with Gasteiger partial charge in [-0.3, -0.25) is 9.59 Å². The normalized spacial score (nSPS) is 20.7. The lowest BCUT2D eigenvalue weighted by Crippen LogP contribution is -2.40. The third-order valence-corrected chi connectivity index (χ3v) is 8.66. The number of fused-ring (bicyclic) bond motifs is 2. The van der Waals surface area contributed by atoms with Crippen LogP contribution in [0.5, 0.6) is 0 Å². The molecule has 9 heteroatoms. The van der Waals surface area contributed by atoms with Gasteiger partial charge in [0.25, 0.3) is 11.8 Å². The Bertz CT molecular complexity index is 1560. The van der Waals surface area contributed by atoms with Crippen molar-refractivity contribution in [2.45, 2.75) is 38.3 Å². The van der Waals surface area contributed by atoms with Gasteiger partial charge < -0.3 is 15.2 Å². The summed E-state index contributed by atoms with van der Waals surface area (Å²) < 4.78 is 15.9. The number of carbonyl (C=O) groups excluding carboxylic acids is 2. The Morgan fingerprint density at radius 2 is 2.03 bits per heavy atom. The molecule has 3 atom stereocenters. The van der Waals surface area contributed by atoms with Crippen molar-refractivity contribution in [2.24, 2.45) is 18.7 Å². The maximum absolute atomic E-state index is 14.2. The molecule has 184 valence electrons. The quantitative estimate of drug-likeness (QED) is 0.384. The first-order chi connectivity index (χ1) is 17.2. The van der Waals surface area contributed by atoms with Gasteiger partial charge in [0.15, 0.2) is 0 Å². The van der Waals surface area contributed by atoms with E-state index in [1.165, 1.54) is 23.5 Å². The maximum atomic E-state index is 14.2. The van der Waals surface area contributed by atoms with E-state index in [-0.39, 0.29) is 23.8 Å². The molecule has 2 amide bonds. The Labute approximate surface area is 216 Å². The fraction of sp³-hybridized carbons (Fsp3) is 0.296. The zero-order valence-corrected chi connectivity index (χ0v) is 21.4. The highest BCUT2D eigenvalue weighted by Crippen LogP contribution is 2.50. The molecule has 0 bridgehead atoms. The Balaban J connectivity index is 1.40. The van der Waals surface area contributed by atoms with Gasteiger partial charge in [0.2, 0.25) is 0 Å². The summed E-state index contributed by atoms with van der Waals surface area (Å²) in [6.45, 7) is 1.89. The number of rotatable bonds is 5. The Morgan fingerprint density at radius 3 is 2.78 bits per heavy atom. The minimum atomic E-state index is -0.566. The van der Waals surface area contributed by atoms with Gasteiger partial charge >= 0.3 is 0 Å². The van der Waals surface area contributed by atoms with Crippen LogP contribution in [0.3, 0.4) is 0 Å². The van der Waals surface area contributed by atoms with Crippen molar-refractivity contribution >= 4 is 45.7 Å². The number of primary amides is 1. The number of hydrogen-bond donors (Lipinski definition) is 1. The first kappa shape index (κ1) is 23.2. The monoisotopic (exact) mass is 522 g/mol. The lowest BCUT2D eigenvalue weighted by molar-refractivity contribution is 0.0695. The number of carbonyl (C=O) groups is 2. The van der Waals surface area contributed by atoms with Crippen LogP contribution in [-0.2, 0) is 13.5 Å². The van der Waals surface area contributed by atoms with Gasteiger partial charge in [0.05, 0.1) is 9.88 Å². The molecular formula is C27H24ClFN4O2S. The highest BCUT2D eigenvalue weighted by molar-refractivity contribution is 7.15. The molecule has 0 spiro atoms. The van der Waals surface area contributed by atoms with Crippen LogP contribution in [0.25, 0.3) is 21.3 Å². The minimum Gasteiger partial charge on any atom is -0.364 e. The molecule has 2 N–H and O–H groups in total. The standard InChI is InChI=1S/C27H24ClFN4O2S/c1-13-31-23(25(36-13)14-4-3-5-16(28)8-14)27(35)33-18(9-15-10-22(15)33)12-20-19-11-17(29)6-7-21(19)32(2)24(20)26(30)34/h3-8,11,15,18,22H,9-10,12H2,1-2H3,(H2,30,34)/t15-,18+,22+/m1/s1. The molecule has 1 aliphatic heterocycles. The number of piperidine rings is 1. The smallest absolute Gasteiger partial charge is 0.274 e. The van der Waals surface area contributed by atoms with Crippen molar-refractivity contribution in [1.29, 1.82) is 0 Å². The summed E-state index contributed by atoms with van der Waals surface area (Å²) in [5.41, 5.74) is 8.83. The van der Waals surface area contributed by atoms with E-state index in [1.54, 1.807) is 23.7 Å². The second-order valence-electron chi connectivity index (χ2n) is 9.70. The number of likely N-dealkylation sites (tertiary alicyclic amines) is 1. The Hall–Kier alpha value is -3.23. The number of halogens is 2. The van der Waals surface area contributed by atoms with Gasteiger partial charge in [-0.1, -0.05) is 23.7 Å². The second-order valence-corrected chi connectivity index (χ2v) is 11.3. The van der Waals surface area contributed by atoms with Crippen molar-refractivity contribution < 1.29 is 14.0 Å². The molecule has 0 unspecified atom stereocenters. The van der Waals surface area contributed by atoms with E-state index in [2.05, 4.69) is 4.98 Å². The van der Waals surface area contributed by atoms with Crippen molar-refractivity contribution in [1.82, 2.24) is 14.5 Å². The number of aromatic nitrogens is 2. The summed E-state index contributed by atoms with van der Waals surface area (Å²) in [6, 6.07) is 11.9. The van der Waals surface area contributed by atoms with Crippen molar-refractivity contribution in [2.75, 3.05) is 0 Å². The highest BCUT2D eigenvalue weighted by atomic mass is 35.5. The van der Waals surface area contributed by atoms with Gasteiger partial charge in [-0.25, -0.2) is 9.37 Å². The zero-order chi connectivity index (χ0) is 25.3. The molecule has 4 aromatic rings. The average Bonchev–Trinajstić information content (AvgIpc) is 3.18. The number of aryl methyl sites for hydroxylation is 2. The van der Waals surface area contributed by atoms with E-state index in [1.807, 2.05) is 30.0 Å². The van der Waals surface area contributed by atoms with Crippen LogP contribution >= 0.6 is 22.9 Å². The fourth-order valence-corrected chi connectivity index (χ4v) is 6.92. The van der Waals surface area contributed by atoms with E-state index in [4.69, 9.17) is 17.3 Å². The van der Waals surface area contributed by atoms with Gasteiger partial charge in [0.1, 0.15) is 17.2 Å². The van der Waals surface area contributed by atoms with Crippen LogP contribution in [-0.4, -0.2) is 38.3 Å². The predicted octanol–water partition coefficient (Wildman–Crippen LogP) is 5.35. The number of nitrogens with two attached hydrogens (primary N) is 1. The zero-order valence-electron chi connectivity index (χ0n) is 19.8. The first-order valence-electron chi connectivity index (χ1n) is 11.9. The van der Waals surface area contributed by atoms with Gasteiger partial charge in [-0.15, -0.1) is 11.3 Å². The van der Waals surface area contributed by atoms with E-state index in [0.29, 0.717) is 39.7 Å². The SMILES string of the molecule is Cc1nc(C(=O)N2[C@H](Cc3c(C(N)=O)n(C)c4ccc(F)cc34)C[C@@H]3C[C@@H]32)c(-c2cccc(Cl)c2)s1. The van der Waals surface area contributed by atoms with Crippen LogP contribution in [0.4, 0.5) is 4.39 Å². The van der Waals surface area contributed by atoms with Crippen molar-refractivity contribution in [3.63, 3.8) is 0 Å². The highest BCUT2D eigenvalue weighted by Gasteiger charge is 2.54. The summed E-state index contributed by atoms with van der Waals surface area (Å²) >= 11 is 7.70. The number of benzene rings is 2. The summed E-state index contributed by atoms with van der Waals surface area (Å²) in [6.07, 6.45) is 2.22. The molecule has 6 rings (SSSR count). The summed E-state index contributed by atoms with van der Waals surface area (Å²) in [5, 5.41) is 2.06. The van der Waals surface area contributed by atoms with Crippen LogP contribution in [0, 0.1) is 18.7 Å². The summed E-state index contributed by atoms with van der Waals surface area (Å²) in [5.74, 6) is -0.631. The number of amides is 2. The van der Waals surface area contributed by atoms with E-state index in [9.17, 15) is 14.0 Å². The van der Waals surface area contributed by atoms with Crippen LogP contribution in [0.15, 0.2) is 42.5 Å². The van der Waals surface area contributed by atoms with Gasteiger partial charge in [0, 0.05) is 35.1 Å². The topological polar surface area (TPSA) is 81.2 Å². The number of thiazole rings is 1. The van der Waals surface area contributed by atoms with Crippen LogP contribution < -0.4 is 5.73 Å². The Morgan fingerprint density at radius 1 is 1.22 bits per heavy atom. The molecule has 6 nitrogen and oxygen atoms in total. The fourth-order valence-electron chi connectivity index (χ4n) is 5.83. The lowest BCUT2D eigenvalue weighted by Gasteiger charge is -2.28. The van der Waals surface area contributed by atoms with Gasteiger partial charge in [-0.05, 0) is 73.6 Å². The van der Waals surface area contributed by atoms with Gasteiger partial charge in [-0.2, -0.15) is 0 Å². The predicted molar refractivity (Wildman–Crippen MR) is 139 cm³/mol. The van der Waals surface area contributed by atoms with E-state index >= 15 is 0 Å². The van der Waals surface area contributed by atoms with E-state index < -0.39 is 5.91 Å².